The molecule has 0 radical (unpaired) electrons. The molecule has 2 fully saturated rings. The van der Waals surface area contributed by atoms with Gasteiger partial charge in [-0.25, -0.2) is 13.6 Å². The molecule has 0 spiro atoms. The largest absolute Gasteiger partial charge is 0.380 e. The number of primary sulfonamides is 1. The first-order valence-corrected chi connectivity index (χ1v) is 10.4. The SMILES string of the molecule is NS(=O)(=O)c1cccc(NC(=O)CN2CCS[C@@H]3COCC[C@H]32)c1. The van der Waals surface area contributed by atoms with Gasteiger partial charge in [0.1, 0.15) is 0 Å². The third kappa shape index (κ3) is 4.28. The van der Waals surface area contributed by atoms with E-state index in [-0.39, 0.29) is 10.8 Å². The Morgan fingerprint density at radius 1 is 1.46 bits per heavy atom. The topological polar surface area (TPSA) is 102 Å². The van der Waals surface area contributed by atoms with Crippen LogP contribution in [-0.4, -0.2) is 62.6 Å². The summed E-state index contributed by atoms with van der Waals surface area (Å²) in [5, 5.41) is 8.30. The lowest BCUT2D eigenvalue weighted by atomic mass is 10.1. The highest BCUT2D eigenvalue weighted by atomic mass is 32.2. The smallest absolute Gasteiger partial charge is 0.238 e. The molecule has 0 unspecified atom stereocenters. The van der Waals surface area contributed by atoms with Crippen molar-refractivity contribution in [3.05, 3.63) is 24.3 Å². The van der Waals surface area contributed by atoms with Gasteiger partial charge in [-0.05, 0) is 24.6 Å². The number of hydrogen-bond acceptors (Lipinski definition) is 6. The van der Waals surface area contributed by atoms with E-state index < -0.39 is 10.0 Å². The molecule has 0 aliphatic carbocycles. The number of benzene rings is 1. The van der Waals surface area contributed by atoms with E-state index >= 15 is 0 Å². The molecule has 3 N–H and O–H groups in total. The van der Waals surface area contributed by atoms with Gasteiger partial charge < -0.3 is 10.1 Å². The number of amides is 1. The number of nitrogens with one attached hydrogen (secondary N) is 1. The monoisotopic (exact) mass is 371 g/mol. The van der Waals surface area contributed by atoms with Crippen molar-refractivity contribution in [2.75, 3.05) is 37.4 Å². The lowest BCUT2D eigenvalue weighted by molar-refractivity contribution is -0.118. The van der Waals surface area contributed by atoms with E-state index in [2.05, 4.69) is 10.2 Å². The first kappa shape index (κ1) is 17.7. The van der Waals surface area contributed by atoms with Gasteiger partial charge in [-0.3, -0.25) is 9.69 Å². The van der Waals surface area contributed by atoms with Gasteiger partial charge in [-0.15, -0.1) is 0 Å². The summed E-state index contributed by atoms with van der Waals surface area (Å²) in [5.74, 6) is 0.831. The Morgan fingerprint density at radius 2 is 2.29 bits per heavy atom. The Bertz CT molecular complexity index is 708. The summed E-state index contributed by atoms with van der Waals surface area (Å²) in [6, 6.07) is 6.34. The fourth-order valence-corrected chi connectivity index (χ4v) is 5.02. The molecule has 7 nitrogen and oxygen atoms in total. The highest BCUT2D eigenvalue weighted by Gasteiger charge is 2.35. The van der Waals surface area contributed by atoms with Gasteiger partial charge in [0.25, 0.3) is 0 Å². The molecule has 1 aromatic rings. The van der Waals surface area contributed by atoms with Crippen LogP contribution in [0.5, 0.6) is 0 Å². The average molecular weight is 371 g/mol. The first-order chi connectivity index (χ1) is 11.4. The third-order valence-electron chi connectivity index (χ3n) is 4.24. The van der Waals surface area contributed by atoms with Crippen LogP contribution in [0.25, 0.3) is 0 Å². The van der Waals surface area contributed by atoms with Crippen LogP contribution in [-0.2, 0) is 19.6 Å². The fraction of sp³-hybridized carbons (Fsp3) is 0.533. The number of anilines is 1. The Kier molecular flexibility index (Phi) is 5.46. The maximum Gasteiger partial charge on any atom is 0.238 e. The lowest BCUT2D eigenvalue weighted by Gasteiger charge is -2.43. The molecule has 24 heavy (non-hydrogen) atoms. The second kappa shape index (κ2) is 7.40. The summed E-state index contributed by atoms with van der Waals surface area (Å²) in [5.41, 5.74) is 0.432. The van der Waals surface area contributed by atoms with E-state index in [4.69, 9.17) is 9.88 Å². The van der Waals surface area contributed by atoms with E-state index in [1.165, 1.54) is 12.1 Å². The molecular formula is C15H21N3O4S2. The zero-order valence-corrected chi connectivity index (χ0v) is 14.8. The van der Waals surface area contributed by atoms with Crippen LogP contribution in [0.15, 0.2) is 29.2 Å². The summed E-state index contributed by atoms with van der Waals surface area (Å²) in [4.78, 5) is 14.5. The van der Waals surface area contributed by atoms with Crippen LogP contribution in [0, 0.1) is 0 Å². The van der Waals surface area contributed by atoms with Crippen LogP contribution in [0.3, 0.4) is 0 Å². The quantitative estimate of drug-likeness (QED) is 0.798. The molecule has 0 aromatic heterocycles. The molecule has 132 valence electrons. The summed E-state index contributed by atoms with van der Waals surface area (Å²) >= 11 is 1.91. The van der Waals surface area contributed by atoms with Crippen molar-refractivity contribution in [1.29, 1.82) is 0 Å². The van der Waals surface area contributed by atoms with Crippen molar-refractivity contribution >= 4 is 33.4 Å². The Morgan fingerprint density at radius 3 is 3.08 bits per heavy atom. The average Bonchev–Trinajstić information content (AvgIpc) is 2.54. The standard InChI is InChI=1S/C15H21N3O4S2/c16-24(20,21)12-3-1-2-11(8-12)17-15(19)9-18-5-7-23-14-10-22-6-4-13(14)18/h1-3,8,13-14H,4-7,9-10H2,(H,17,19)(H2,16,20,21)/t13-,14-/m1/s1. The van der Waals surface area contributed by atoms with Gasteiger partial charge in [-0.2, -0.15) is 11.8 Å². The molecule has 0 saturated carbocycles. The molecule has 0 bridgehead atoms. The van der Waals surface area contributed by atoms with Gasteiger partial charge in [0.15, 0.2) is 0 Å². The Hall–Kier alpha value is -1.13. The zero-order valence-electron chi connectivity index (χ0n) is 13.2. The number of hydrogen-bond donors (Lipinski definition) is 2. The van der Waals surface area contributed by atoms with Crippen LogP contribution >= 0.6 is 11.8 Å². The van der Waals surface area contributed by atoms with Crippen molar-refractivity contribution in [3.8, 4) is 0 Å². The van der Waals surface area contributed by atoms with Crippen LogP contribution < -0.4 is 10.5 Å². The predicted molar refractivity (Wildman–Crippen MR) is 93.5 cm³/mol. The van der Waals surface area contributed by atoms with Crippen molar-refractivity contribution in [3.63, 3.8) is 0 Å². The summed E-state index contributed by atoms with van der Waals surface area (Å²) < 4.78 is 28.3. The van der Waals surface area contributed by atoms with Gasteiger partial charge in [-0.1, -0.05) is 6.07 Å². The Balaban J connectivity index is 1.63. The fourth-order valence-electron chi connectivity index (χ4n) is 3.10. The molecule has 9 heteroatoms. The van der Waals surface area contributed by atoms with E-state index in [1.807, 2.05) is 11.8 Å². The molecular weight excluding hydrogens is 350 g/mol. The van der Waals surface area contributed by atoms with Crippen LogP contribution in [0.4, 0.5) is 5.69 Å². The third-order valence-corrected chi connectivity index (χ3v) is 6.45. The molecule has 1 aromatic carbocycles. The number of nitrogens with two attached hydrogens (primary N) is 1. The van der Waals surface area contributed by atoms with Crippen molar-refractivity contribution < 1.29 is 17.9 Å². The minimum Gasteiger partial charge on any atom is -0.380 e. The number of fused-ring (bicyclic) bond motifs is 1. The minimum absolute atomic E-state index is 0.0147. The van der Waals surface area contributed by atoms with E-state index in [0.717, 1.165) is 31.9 Å². The number of carbonyl (C=O) groups excluding carboxylic acids is 1. The minimum atomic E-state index is -3.78. The predicted octanol–water partition coefficient (Wildman–Crippen LogP) is 0.479. The maximum absolute atomic E-state index is 12.3. The van der Waals surface area contributed by atoms with Crippen molar-refractivity contribution in [2.24, 2.45) is 5.14 Å². The molecule has 2 saturated heterocycles. The van der Waals surface area contributed by atoms with Gasteiger partial charge in [0, 0.05) is 35.9 Å². The summed E-state index contributed by atoms with van der Waals surface area (Å²) in [7, 11) is -3.78. The summed E-state index contributed by atoms with van der Waals surface area (Å²) in [6.45, 7) is 2.64. The second-order valence-electron chi connectivity index (χ2n) is 5.93. The Labute approximate surface area is 146 Å². The first-order valence-electron chi connectivity index (χ1n) is 7.79. The van der Waals surface area contributed by atoms with Crippen LogP contribution in [0.2, 0.25) is 0 Å². The van der Waals surface area contributed by atoms with E-state index in [9.17, 15) is 13.2 Å². The number of sulfonamides is 1. The van der Waals surface area contributed by atoms with Gasteiger partial charge >= 0.3 is 0 Å². The van der Waals surface area contributed by atoms with Gasteiger partial charge in [0.2, 0.25) is 15.9 Å². The number of thioether (sulfide) groups is 1. The molecule has 2 atom stereocenters. The number of ether oxygens (including phenoxy) is 1. The maximum atomic E-state index is 12.3. The van der Waals surface area contributed by atoms with E-state index in [0.29, 0.717) is 23.5 Å². The highest BCUT2D eigenvalue weighted by Crippen LogP contribution is 2.30. The van der Waals surface area contributed by atoms with Crippen molar-refractivity contribution in [2.45, 2.75) is 22.6 Å². The molecule has 2 aliphatic heterocycles. The molecule has 2 aliphatic rings. The lowest BCUT2D eigenvalue weighted by Crippen LogP contribution is -2.53. The molecule has 3 rings (SSSR count). The molecule has 2 heterocycles. The number of carbonyl (C=O) groups is 1. The highest BCUT2D eigenvalue weighted by molar-refractivity contribution is 8.00. The number of nitrogens with zero attached hydrogens (tertiary/aromatic N) is 1. The van der Waals surface area contributed by atoms with E-state index in [1.54, 1.807) is 12.1 Å². The zero-order chi connectivity index (χ0) is 17.2. The second-order valence-corrected chi connectivity index (χ2v) is 8.84. The normalized spacial score (nSPS) is 25.0. The summed E-state index contributed by atoms with van der Waals surface area (Å²) in [6.07, 6.45) is 0.936. The van der Waals surface area contributed by atoms with Crippen molar-refractivity contribution in [1.82, 2.24) is 4.90 Å². The number of rotatable bonds is 4. The van der Waals surface area contributed by atoms with Crippen LogP contribution in [0.1, 0.15) is 6.42 Å². The molecule has 1 amide bonds. The van der Waals surface area contributed by atoms with Gasteiger partial charge in [0.05, 0.1) is 18.0 Å².